The van der Waals surface area contributed by atoms with Gasteiger partial charge in [-0.05, 0) is 23.8 Å². The van der Waals surface area contributed by atoms with Gasteiger partial charge in [0.15, 0.2) is 0 Å². The fourth-order valence-electron chi connectivity index (χ4n) is 2.60. The summed E-state index contributed by atoms with van der Waals surface area (Å²) in [5, 5.41) is 2.67. The Morgan fingerprint density at radius 3 is 2.61 bits per heavy atom. The Kier molecular flexibility index (Phi) is 4.88. The molecular formula is C18H19FN2O2. The van der Waals surface area contributed by atoms with E-state index in [4.69, 9.17) is 4.74 Å². The van der Waals surface area contributed by atoms with Crippen LogP contribution in [0.2, 0.25) is 0 Å². The number of carbonyl (C=O) groups is 1. The average molecular weight is 314 g/mol. The predicted octanol–water partition coefficient (Wildman–Crippen LogP) is 2.84. The van der Waals surface area contributed by atoms with Crippen molar-refractivity contribution in [1.82, 2.24) is 0 Å². The van der Waals surface area contributed by atoms with Crippen molar-refractivity contribution in [3.05, 3.63) is 59.9 Å². The van der Waals surface area contributed by atoms with Gasteiger partial charge in [0, 0.05) is 18.8 Å². The van der Waals surface area contributed by atoms with Crippen molar-refractivity contribution in [3.8, 4) is 0 Å². The van der Waals surface area contributed by atoms with E-state index in [1.54, 1.807) is 12.1 Å². The van der Waals surface area contributed by atoms with Gasteiger partial charge in [-0.2, -0.15) is 0 Å². The van der Waals surface area contributed by atoms with Gasteiger partial charge in [-0.3, -0.25) is 4.79 Å². The highest BCUT2D eigenvalue weighted by atomic mass is 19.1. The monoisotopic (exact) mass is 314 g/mol. The number of hydrogen-bond acceptors (Lipinski definition) is 3. The molecule has 1 aliphatic heterocycles. The fraction of sp³-hybridized carbons (Fsp3) is 0.278. The van der Waals surface area contributed by atoms with Crippen molar-refractivity contribution in [1.29, 1.82) is 0 Å². The Labute approximate surface area is 134 Å². The number of rotatable bonds is 4. The summed E-state index contributed by atoms with van der Waals surface area (Å²) in [4.78, 5) is 14.2. The van der Waals surface area contributed by atoms with Gasteiger partial charge in [0.05, 0.1) is 25.3 Å². The highest BCUT2D eigenvalue weighted by Crippen LogP contribution is 2.23. The summed E-state index contributed by atoms with van der Waals surface area (Å²) in [5.41, 5.74) is 2.01. The number of nitrogens with zero attached hydrogens (tertiary/aromatic N) is 1. The molecule has 0 aromatic heterocycles. The first-order valence-electron chi connectivity index (χ1n) is 7.68. The highest BCUT2D eigenvalue weighted by molar-refractivity contribution is 5.92. The third-order valence-corrected chi connectivity index (χ3v) is 3.81. The molecule has 1 amide bonds. The number of benzene rings is 2. The summed E-state index contributed by atoms with van der Waals surface area (Å²) in [7, 11) is 0. The number of morpholine rings is 1. The summed E-state index contributed by atoms with van der Waals surface area (Å²) in [6.45, 7) is 2.85. The Morgan fingerprint density at radius 1 is 1.13 bits per heavy atom. The Hall–Kier alpha value is -2.40. The zero-order valence-corrected chi connectivity index (χ0v) is 12.8. The van der Waals surface area contributed by atoms with E-state index >= 15 is 0 Å². The van der Waals surface area contributed by atoms with E-state index in [9.17, 15) is 9.18 Å². The molecule has 2 aromatic rings. The molecule has 1 heterocycles. The second kappa shape index (κ2) is 7.24. The van der Waals surface area contributed by atoms with Crippen molar-refractivity contribution in [2.24, 2.45) is 0 Å². The molecule has 1 aliphatic rings. The molecule has 0 radical (unpaired) electrons. The smallest absolute Gasteiger partial charge is 0.228 e. The molecule has 0 bridgehead atoms. The third-order valence-electron chi connectivity index (χ3n) is 3.81. The Bertz CT molecular complexity index is 670. The Balaban J connectivity index is 1.70. The van der Waals surface area contributed by atoms with Crippen LogP contribution in [0.4, 0.5) is 15.8 Å². The topological polar surface area (TPSA) is 41.6 Å². The van der Waals surface area contributed by atoms with E-state index in [1.807, 2.05) is 30.3 Å². The van der Waals surface area contributed by atoms with E-state index in [2.05, 4.69) is 10.2 Å². The average Bonchev–Trinajstić information content (AvgIpc) is 2.58. The lowest BCUT2D eigenvalue weighted by atomic mass is 10.1. The van der Waals surface area contributed by atoms with Crippen LogP contribution in [0.3, 0.4) is 0 Å². The lowest BCUT2D eigenvalue weighted by Crippen LogP contribution is -2.36. The second-order valence-corrected chi connectivity index (χ2v) is 5.47. The molecule has 1 saturated heterocycles. The zero-order valence-electron chi connectivity index (χ0n) is 12.8. The van der Waals surface area contributed by atoms with E-state index in [0.717, 1.165) is 24.3 Å². The lowest BCUT2D eigenvalue weighted by Gasteiger charge is -2.29. The summed E-state index contributed by atoms with van der Waals surface area (Å²) in [5.74, 6) is -0.655. The van der Waals surface area contributed by atoms with Crippen LogP contribution in [-0.4, -0.2) is 32.2 Å². The normalized spacial score (nSPS) is 14.6. The van der Waals surface area contributed by atoms with Gasteiger partial charge in [-0.15, -0.1) is 0 Å². The minimum Gasteiger partial charge on any atom is -0.378 e. The van der Waals surface area contributed by atoms with Gasteiger partial charge >= 0.3 is 0 Å². The molecule has 120 valence electrons. The fourth-order valence-corrected chi connectivity index (χ4v) is 2.60. The molecule has 0 atom stereocenters. The van der Waals surface area contributed by atoms with Crippen LogP contribution in [0.25, 0.3) is 0 Å². The predicted molar refractivity (Wildman–Crippen MR) is 88.2 cm³/mol. The number of anilines is 2. The maximum Gasteiger partial charge on any atom is 0.228 e. The van der Waals surface area contributed by atoms with Crippen LogP contribution < -0.4 is 10.2 Å². The summed E-state index contributed by atoms with van der Waals surface area (Å²) in [6, 6.07) is 14.2. The van der Waals surface area contributed by atoms with E-state index in [-0.39, 0.29) is 18.0 Å². The van der Waals surface area contributed by atoms with Crippen LogP contribution in [0, 0.1) is 5.82 Å². The zero-order chi connectivity index (χ0) is 16.1. The SMILES string of the molecule is O=C(Cc1ccccc1)Nc1cc(N2CCOCC2)ccc1F. The first kappa shape index (κ1) is 15.5. The van der Waals surface area contributed by atoms with Crippen LogP contribution in [-0.2, 0) is 16.0 Å². The number of amides is 1. The molecule has 0 aliphatic carbocycles. The molecule has 1 N–H and O–H groups in total. The summed E-state index contributed by atoms with van der Waals surface area (Å²) < 4.78 is 19.3. The first-order valence-corrected chi connectivity index (χ1v) is 7.68. The number of carbonyl (C=O) groups excluding carboxylic acids is 1. The standard InChI is InChI=1S/C18H19FN2O2/c19-16-7-6-15(21-8-10-23-11-9-21)13-17(16)20-18(22)12-14-4-2-1-3-5-14/h1-7,13H,8-12H2,(H,20,22). The quantitative estimate of drug-likeness (QED) is 0.943. The molecule has 0 spiro atoms. The van der Waals surface area contributed by atoms with Crippen LogP contribution in [0.5, 0.6) is 0 Å². The molecule has 2 aromatic carbocycles. The van der Waals surface area contributed by atoms with Crippen molar-refractivity contribution in [3.63, 3.8) is 0 Å². The number of hydrogen-bond donors (Lipinski definition) is 1. The van der Waals surface area contributed by atoms with Gasteiger partial charge in [0.2, 0.25) is 5.91 Å². The molecule has 4 nitrogen and oxygen atoms in total. The van der Waals surface area contributed by atoms with Gasteiger partial charge < -0.3 is 15.0 Å². The summed E-state index contributed by atoms with van der Waals surface area (Å²) >= 11 is 0. The highest BCUT2D eigenvalue weighted by Gasteiger charge is 2.14. The minimum atomic E-state index is -0.427. The molecule has 1 fully saturated rings. The van der Waals surface area contributed by atoms with Gasteiger partial charge in [-0.1, -0.05) is 30.3 Å². The van der Waals surface area contributed by atoms with E-state index in [0.29, 0.717) is 13.2 Å². The molecule has 3 rings (SSSR count). The molecule has 0 unspecified atom stereocenters. The number of ether oxygens (including phenoxy) is 1. The summed E-state index contributed by atoms with van der Waals surface area (Å²) in [6.07, 6.45) is 0.224. The van der Waals surface area contributed by atoms with Crippen LogP contribution >= 0.6 is 0 Å². The van der Waals surface area contributed by atoms with Crippen molar-refractivity contribution < 1.29 is 13.9 Å². The Morgan fingerprint density at radius 2 is 1.87 bits per heavy atom. The minimum absolute atomic E-state index is 0.218. The van der Waals surface area contributed by atoms with E-state index < -0.39 is 5.82 Å². The maximum absolute atomic E-state index is 14.0. The van der Waals surface area contributed by atoms with Crippen molar-refractivity contribution >= 4 is 17.3 Å². The maximum atomic E-state index is 14.0. The molecule has 0 saturated carbocycles. The number of halogens is 1. The molecule has 5 heteroatoms. The van der Waals surface area contributed by atoms with Crippen molar-refractivity contribution in [2.45, 2.75) is 6.42 Å². The largest absolute Gasteiger partial charge is 0.378 e. The van der Waals surface area contributed by atoms with Gasteiger partial charge in [-0.25, -0.2) is 4.39 Å². The van der Waals surface area contributed by atoms with Crippen LogP contribution in [0.1, 0.15) is 5.56 Å². The second-order valence-electron chi connectivity index (χ2n) is 5.47. The van der Waals surface area contributed by atoms with Gasteiger partial charge in [0.25, 0.3) is 0 Å². The molecular weight excluding hydrogens is 295 g/mol. The van der Waals surface area contributed by atoms with Crippen LogP contribution in [0.15, 0.2) is 48.5 Å². The number of nitrogens with one attached hydrogen (secondary N) is 1. The van der Waals surface area contributed by atoms with E-state index in [1.165, 1.54) is 6.07 Å². The third kappa shape index (κ3) is 4.07. The molecule has 23 heavy (non-hydrogen) atoms. The van der Waals surface area contributed by atoms with Crippen molar-refractivity contribution in [2.75, 3.05) is 36.5 Å². The lowest BCUT2D eigenvalue weighted by molar-refractivity contribution is -0.115. The first-order chi connectivity index (χ1) is 11.2. The van der Waals surface area contributed by atoms with Gasteiger partial charge in [0.1, 0.15) is 5.82 Å².